The molecule has 1 N–H and O–H groups in total. The molecule has 2 fully saturated rings. The predicted octanol–water partition coefficient (Wildman–Crippen LogP) is 1.28. The highest BCUT2D eigenvalue weighted by Gasteiger charge is 2.43. The van der Waals surface area contributed by atoms with Gasteiger partial charge in [0, 0.05) is 42.9 Å². The molecule has 0 radical (unpaired) electrons. The number of rotatable bonds is 7. The Kier molecular flexibility index (Phi) is 5.79. The van der Waals surface area contributed by atoms with E-state index in [1.807, 2.05) is 19.1 Å². The molecule has 25 heavy (non-hydrogen) atoms. The lowest BCUT2D eigenvalue weighted by Crippen LogP contribution is -2.40. The van der Waals surface area contributed by atoms with Gasteiger partial charge in [-0.05, 0) is 31.9 Å². The van der Waals surface area contributed by atoms with Crippen LogP contribution in [0.1, 0.15) is 35.1 Å². The van der Waals surface area contributed by atoms with Crippen molar-refractivity contribution in [3.63, 3.8) is 0 Å². The molecule has 0 unspecified atom stereocenters. The summed E-state index contributed by atoms with van der Waals surface area (Å²) in [6.07, 6.45) is 2.13. The molecule has 2 aliphatic heterocycles. The zero-order valence-corrected chi connectivity index (χ0v) is 16.2. The zero-order chi connectivity index (χ0) is 18.0. The second kappa shape index (κ2) is 7.71. The summed E-state index contributed by atoms with van der Waals surface area (Å²) in [5.74, 6) is 0.168. The number of hydrogen-bond donors (Lipinski definition) is 1. The minimum Gasteiger partial charge on any atom is -0.343 e. The van der Waals surface area contributed by atoms with Crippen LogP contribution in [0.3, 0.4) is 0 Å². The van der Waals surface area contributed by atoms with Crippen molar-refractivity contribution in [1.82, 2.24) is 14.7 Å². The van der Waals surface area contributed by atoms with Gasteiger partial charge in [-0.2, -0.15) is 5.06 Å². The lowest BCUT2D eigenvalue weighted by atomic mass is 10.2. The standard InChI is InChI=1S/C16H25N3O4S2/c1-12-6-7-13(24-12)16-14(11-23-18(16)2)25(21,22)17-8-4-10-19-9-3-5-15(19)20/h6-7,14,16-17H,3-5,8-11H2,1-2H3/t14-,16+/m1/s1. The fraction of sp³-hybridized carbons (Fsp3) is 0.688. The molecule has 9 heteroatoms. The van der Waals surface area contributed by atoms with Crippen LogP contribution in [0, 0.1) is 6.92 Å². The Morgan fingerprint density at radius 2 is 2.20 bits per heavy atom. The zero-order valence-electron chi connectivity index (χ0n) is 14.6. The monoisotopic (exact) mass is 387 g/mol. The average Bonchev–Trinajstić information content (AvgIpc) is 3.25. The van der Waals surface area contributed by atoms with Gasteiger partial charge in [-0.25, -0.2) is 13.1 Å². The first-order valence-corrected chi connectivity index (χ1v) is 10.9. The van der Waals surface area contributed by atoms with E-state index < -0.39 is 15.3 Å². The summed E-state index contributed by atoms with van der Waals surface area (Å²) in [6, 6.07) is 3.67. The van der Waals surface area contributed by atoms with Crippen molar-refractivity contribution in [1.29, 1.82) is 0 Å². The van der Waals surface area contributed by atoms with Crippen molar-refractivity contribution >= 4 is 27.3 Å². The second-order valence-electron chi connectivity index (χ2n) is 6.55. The van der Waals surface area contributed by atoms with Crippen molar-refractivity contribution in [3.05, 3.63) is 21.9 Å². The van der Waals surface area contributed by atoms with Crippen LogP contribution in [0.25, 0.3) is 0 Å². The first kappa shape index (κ1) is 18.8. The van der Waals surface area contributed by atoms with Gasteiger partial charge in [-0.15, -0.1) is 11.3 Å². The summed E-state index contributed by atoms with van der Waals surface area (Å²) in [6.45, 7) is 3.88. The number of amides is 1. The van der Waals surface area contributed by atoms with E-state index in [1.54, 1.807) is 28.3 Å². The van der Waals surface area contributed by atoms with Crippen LogP contribution in [0.5, 0.6) is 0 Å². The molecule has 3 rings (SSSR count). The Morgan fingerprint density at radius 3 is 2.84 bits per heavy atom. The van der Waals surface area contributed by atoms with Crippen LogP contribution in [0.2, 0.25) is 0 Å². The lowest BCUT2D eigenvalue weighted by molar-refractivity contribution is -0.127. The topological polar surface area (TPSA) is 79.0 Å². The lowest BCUT2D eigenvalue weighted by Gasteiger charge is -2.22. The molecule has 0 aliphatic carbocycles. The largest absolute Gasteiger partial charge is 0.343 e. The number of sulfonamides is 1. The fourth-order valence-corrected chi connectivity index (χ4v) is 6.07. The molecule has 0 aromatic carbocycles. The number of carbonyl (C=O) groups is 1. The van der Waals surface area contributed by atoms with E-state index in [9.17, 15) is 13.2 Å². The number of hydroxylamine groups is 2. The van der Waals surface area contributed by atoms with Crippen molar-refractivity contribution in [2.45, 2.75) is 37.5 Å². The highest BCUT2D eigenvalue weighted by atomic mass is 32.2. The van der Waals surface area contributed by atoms with Gasteiger partial charge in [-0.3, -0.25) is 9.63 Å². The Balaban J connectivity index is 1.57. The maximum atomic E-state index is 12.7. The number of nitrogens with one attached hydrogen (secondary N) is 1. The number of likely N-dealkylation sites (tertiary alicyclic amines) is 1. The molecular formula is C16H25N3O4S2. The van der Waals surface area contributed by atoms with Gasteiger partial charge in [0.1, 0.15) is 5.25 Å². The first-order chi connectivity index (χ1) is 11.9. The van der Waals surface area contributed by atoms with E-state index >= 15 is 0 Å². The van der Waals surface area contributed by atoms with Gasteiger partial charge in [0.25, 0.3) is 0 Å². The Bertz CT molecular complexity index is 719. The minimum absolute atomic E-state index is 0.151. The summed E-state index contributed by atoms with van der Waals surface area (Å²) < 4.78 is 28.2. The van der Waals surface area contributed by atoms with Crippen molar-refractivity contribution in [2.75, 3.05) is 33.3 Å². The molecule has 3 heterocycles. The van der Waals surface area contributed by atoms with Crippen molar-refractivity contribution in [3.8, 4) is 0 Å². The Hall–Kier alpha value is -1.00. The number of nitrogens with zero attached hydrogens (tertiary/aromatic N) is 2. The van der Waals surface area contributed by atoms with Gasteiger partial charge in [0.05, 0.1) is 12.6 Å². The van der Waals surface area contributed by atoms with Crippen LogP contribution < -0.4 is 4.72 Å². The SMILES string of the molecule is Cc1ccc([C@H]2[C@H](S(=O)(=O)NCCCN3CCCC3=O)CON2C)s1. The third-order valence-electron chi connectivity index (χ3n) is 4.72. The van der Waals surface area contributed by atoms with Gasteiger partial charge < -0.3 is 4.90 Å². The molecule has 1 aromatic rings. The van der Waals surface area contributed by atoms with E-state index in [1.165, 1.54) is 0 Å². The Morgan fingerprint density at radius 1 is 1.40 bits per heavy atom. The van der Waals surface area contributed by atoms with Gasteiger partial charge in [0.15, 0.2) is 0 Å². The highest BCUT2D eigenvalue weighted by molar-refractivity contribution is 7.90. The summed E-state index contributed by atoms with van der Waals surface area (Å²) in [5.41, 5.74) is 0. The third-order valence-corrected chi connectivity index (χ3v) is 7.59. The molecule has 2 aliphatic rings. The Labute approximate surface area is 152 Å². The van der Waals surface area contributed by atoms with Gasteiger partial charge in [0.2, 0.25) is 15.9 Å². The molecule has 1 aromatic heterocycles. The maximum Gasteiger partial charge on any atom is 0.222 e. The number of aryl methyl sites for hydroxylation is 1. The summed E-state index contributed by atoms with van der Waals surface area (Å²) >= 11 is 1.60. The maximum absolute atomic E-state index is 12.7. The second-order valence-corrected chi connectivity index (χ2v) is 9.85. The molecule has 1 amide bonds. The molecule has 7 nitrogen and oxygen atoms in total. The van der Waals surface area contributed by atoms with Gasteiger partial charge in [-0.1, -0.05) is 0 Å². The van der Waals surface area contributed by atoms with Crippen LogP contribution in [0.15, 0.2) is 12.1 Å². The fourth-order valence-electron chi connectivity index (χ4n) is 3.36. The van der Waals surface area contributed by atoms with Gasteiger partial charge >= 0.3 is 0 Å². The quantitative estimate of drug-likeness (QED) is 0.713. The molecule has 0 saturated carbocycles. The van der Waals surface area contributed by atoms with Crippen LogP contribution in [-0.2, 0) is 19.7 Å². The molecule has 140 valence electrons. The normalized spacial score (nSPS) is 25.2. The molecule has 2 saturated heterocycles. The van der Waals surface area contributed by atoms with E-state index in [0.29, 0.717) is 25.9 Å². The summed E-state index contributed by atoms with van der Waals surface area (Å²) in [7, 11) is -1.73. The summed E-state index contributed by atoms with van der Waals surface area (Å²) in [4.78, 5) is 21.0. The number of hydrogen-bond acceptors (Lipinski definition) is 6. The number of carbonyl (C=O) groups excluding carboxylic acids is 1. The van der Waals surface area contributed by atoms with E-state index in [4.69, 9.17) is 4.84 Å². The van der Waals surface area contributed by atoms with Crippen molar-refractivity contribution < 1.29 is 18.0 Å². The predicted molar refractivity (Wildman–Crippen MR) is 96.7 cm³/mol. The number of thiophene rings is 1. The van der Waals surface area contributed by atoms with Crippen LogP contribution in [-0.4, -0.2) is 62.8 Å². The highest BCUT2D eigenvalue weighted by Crippen LogP contribution is 2.36. The van der Waals surface area contributed by atoms with Crippen LogP contribution in [0.4, 0.5) is 0 Å². The third kappa shape index (κ3) is 4.22. The van der Waals surface area contributed by atoms with E-state index in [2.05, 4.69) is 4.72 Å². The average molecular weight is 388 g/mol. The molecule has 2 atom stereocenters. The summed E-state index contributed by atoms with van der Waals surface area (Å²) in [5, 5.41) is 1.00. The van der Waals surface area contributed by atoms with Crippen LogP contribution >= 0.6 is 11.3 Å². The van der Waals surface area contributed by atoms with E-state index in [-0.39, 0.29) is 18.6 Å². The molecule has 0 spiro atoms. The molecular weight excluding hydrogens is 362 g/mol. The molecule has 0 bridgehead atoms. The van der Waals surface area contributed by atoms with Crippen molar-refractivity contribution in [2.24, 2.45) is 0 Å². The van der Waals surface area contributed by atoms with E-state index in [0.717, 1.165) is 22.7 Å². The smallest absolute Gasteiger partial charge is 0.222 e. The minimum atomic E-state index is -3.50. The first-order valence-electron chi connectivity index (χ1n) is 8.57.